The molecule has 1 aliphatic rings. The molecule has 1 aromatic carbocycles. The van der Waals surface area contributed by atoms with Gasteiger partial charge >= 0.3 is 6.03 Å². The number of carbonyl (C=O) groups is 2. The Kier molecular flexibility index (Phi) is 5.42. The summed E-state index contributed by atoms with van der Waals surface area (Å²) in [6, 6.07) is 5.32. The van der Waals surface area contributed by atoms with Crippen molar-refractivity contribution in [3.63, 3.8) is 0 Å². The van der Waals surface area contributed by atoms with Gasteiger partial charge in [-0.15, -0.1) is 0 Å². The molecule has 120 valence electrons. The number of nitrogens with two attached hydrogens (primary N) is 1. The number of halogens is 1. The van der Waals surface area contributed by atoms with Gasteiger partial charge < -0.3 is 15.4 Å². The third-order valence-electron chi connectivity index (χ3n) is 3.79. The lowest BCUT2D eigenvalue weighted by Crippen LogP contribution is -2.92. The molecule has 0 aliphatic carbocycles. The summed E-state index contributed by atoms with van der Waals surface area (Å²) in [4.78, 5) is 25.1. The van der Waals surface area contributed by atoms with E-state index in [1.165, 1.54) is 4.90 Å². The molecular weight excluding hydrogens is 350 g/mol. The summed E-state index contributed by atoms with van der Waals surface area (Å²) in [5.41, 5.74) is 1.08. The highest BCUT2D eigenvalue weighted by atomic mass is 79.9. The van der Waals surface area contributed by atoms with E-state index >= 15 is 0 Å². The number of hydrogen-bond acceptors (Lipinski definition) is 3. The molecule has 3 N–H and O–H groups in total. The number of imide groups is 1. The molecule has 0 unspecified atom stereocenters. The van der Waals surface area contributed by atoms with Crippen molar-refractivity contribution in [1.82, 2.24) is 10.2 Å². The molecule has 1 heterocycles. The minimum absolute atomic E-state index is 0.0896. The number of methoxy groups -OCH3 is 1. The Bertz CT molecular complexity index is 579. The Balaban J connectivity index is 2.01. The summed E-state index contributed by atoms with van der Waals surface area (Å²) in [6.45, 7) is 4.82. The zero-order valence-electron chi connectivity index (χ0n) is 12.9. The highest BCUT2D eigenvalue weighted by Gasteiger charge is 2.32. The average molecular weight is 371 g/mol. The molecule has 0 bridgehead atoms. The van der Waals surface area contributed by atoms with Crippen LogP contribution in [0.1, 0.15) is 25.5 Å². The van der Waals surface area contributed by atoms with E-state index in [4.69, 9.17) is 4.74 Å². The first-order chi connectivity index (χ1) is 10.4. The Hall–Kier alpha value is -1.60. The zero-order valence-corrected chi connectivity index (χ0v) is 14.5. The minimum atomic E-state index is -0.320. The quantitative estimate of drug-likeness (QED) is 0.812. The van der Waals surface area contributed by atoms with Crippen LogP contribution in [0, 0.1) is 0 Å². The van der Waals surface area contributed by atoms with Crippen molar-refractivity contribution >= 4 is 27.9 Å². The lowest BCUT2D eigenvalue weighted by atomic mass is 10.1. The van der Waals surface area contributed by atoms with E-state index in [-0.39, 0.29) is 24.0 Å². The molecule has 2 atom stereocenters. The largest absolute Gasteiger partial charge is 0.496 e. The van der Waals surface area contributed by atoms with Crippen LogP contribution in [0.3, 0.4) is 0 Å². The van der Waals surface area contributed by atoms with E-state index in [1.807, 2.05) is 37.4 Å². The number of rotatable bonds is 5. The molecule has 1 aromatic rings. The van der Waals surface area contributed by atoms with E-state index in [0.29, 0.717) is 13.1 Å². The van der Waals surface area contributed by atoms with Gasteiger partial charge in [0.25, 0.3) is 5.91 Å². The highest BCUT2D eigenvalue weighted by molar-refractivity contribution is 9.10. The van der Waals surface area contributed by atoms with Gasteiger partial charge in [-0.25, -0.2) is 4.79 Å². The minimum Gasteiger partial charge on any atom is -0.496 e. The van der Waals surface area contributed by atoms with Crippen LogP contribution in [0.5, 0.6) is 5.75 Å². The molecule has 6 nitrogen and oxygen atoms in total. The maximum atomic E-state index is 12.3. The van der Waals surface area contributed by atoms with Gasteiger partial charge in [0.05, 0.1) is 11.6 Å². The Labute approximate surface area is 138 Å². The summed E-state index contributed by atoms with van der Waals surface area (Å²) in [6.07, 6.45) is 0. The van der Waals surface area contributed by atoms with Crippen molar-refractivity contribution in [2.45, 2.75) is 25.9 Å². The van der Waals surface area contributed by atoms with E-state index in [1.54, 1.807) is 7.11 Å². The van der Waals surface area contributed by atoms with Gasteiger partial charge in [-0.3, -0.25) is 9.69 Å². The topological polar surface area (TPSA) is 75.2 Å². The van der Waals surface area contributed by atoms with Gasteiger partial charge in [0.2, 0.25) is 0 Å². The van der Waals surface area contributed by atoms with E-state index in [9.17, 15) is 9.59 Å². The van der Waals surface area contributed by atoms with Crippen molar-refractivity contribution in [3.05, 3.63) is 28.2 Å². The average Bonchev–Trinajstić information content (AvgIpc) is 2.92. The van der Waals surface area contributed by atoms with Crippen molar-refractivity contribution < 1.29 is 19.6 Å². The molecule has 7 heteroatoms. The number of quaternary nitrogens is 1. The van der Waals surface area contributed by atoms with Crippen LogP contribution in [0.4, 0.5) is 4.79 Å². The fraction of sp³-hybridized carbons (Fsp3) is 0.467. The van der Waals surface area contributed by atoms with Gasteiger partial charge in [0.1, 0.15) is 11.8 Å². The summed E-state index contributed by atoms with van der Waals surface area (Å²) < 4.78 is 6.10. The monoisotopic (exact) mass is 370 g/mol. The summed E-state index contributed by atoms with van der Waals surface area (Å²) in [7, 11) is 1.62. The lowest BCUT2D eigenvalue weighted by Gasteiger charge is -2.20. The van der Waals surface area contributed by atoms with Crippen LogP contribution in [-0.4, -0.2) is 43.1 Å². The fourth-order valence-electron chi connectivity index (χ4n) is 2.52. The Morgan fingerprint density at radius 2 is 2.18 bits per heavy atom. The molecule has 1 fully saturated rings. The van der Waals surface area contributed by atoms with Crippen LogP contribution in [0.15, 0.2) is 22.7 Å². The fourth-order valence-corrected chi connectivity index (χ4v) is 3.08. The summed E-state index contributed by atoms with van der Waals surface area (Å²) in [5.74, 6) is 0.614. The first-order valence-corrected chi connectivity index (χ1v) is 8.01. The van der Waals surface area contributed by atoms with Crippen LogP contribution < -0.4 is 15.4 Å². The number of carbonyl (C=O) groups excluding carboxylic acids is 2. The molecule has 1 aliphatic heterocycles. The first kappa shape index (κ1) is 16.8. The van der Waals surface area contributed by atoms with Crippen LogP contribution in [0.25, 0.3) is 0 Å². The molecule has 2 rings (SSSR count). The second-order valence-electron chi connectivity index (χ2n) is 5.39. The SMILES string of the molecule is COc1ccc([C@@H](C)[NH2+][C@H](C)C(=O)N2CCNC2=O)cc1Br. The van der Waals surface area contributed by atoms with Crippen molar-refractivity contribution in [2.75, 3.05) is 20.2 Å². The van der Waals surface area contributed by atoms with Gasteiger partial charge in [-0.1, -0.05) is 0 Å². The second-order valence-corrected chi connectivity index (χ2v) is 6.24. The van der Waals surface area contributed by atoms with Crippen LogP contribution in [0.2, 0.25) is 0 Å². The molecule has 0 aromatic heterocycles. The van der Waals surface area contributed by atoms with Gasteiger partial charge in [-0.05, 0) is 48.0 Å². The Morgan fingerprint density at radius 3 is 2.73 bits per heavy atom. The normalized spacial score (nSPS) is 17.1. The van der Waals surface area contributed by atoms with Gasteiger partial charge in [0, 0.05) is 18.7 Å². The maximum Gasteiger partial charge on any atom is 0.324 e. The van der Waals surface area contributed by atoms with Crippen molar-refractivity contribution in [1.29, 1.82) is 0 Å². The molecule has 0 spiro atoms. The summed E-state index contributed by atoms with van der Waals surface area (Å²) >= 11 is 3.47. The predicted molar refractivity (Wildman–Crippen MR) is 85.6 cm³/mol. The first-order valence-electron chi connectivity index (χ1n) is 7.21. The van der Waals surface area contributed by atoms with Crippen LogP contribution in [-0.2, 0) is 4.79 Å². The van der Waals surface area contributed by atoms with Crippen molar-refractivity contribution in [2.24, 2.45) is 0 Å². The lowest BCUT2D eigenvalue weighted by molar-refractivity contribution is -0.710. The molecule has 0 saturated carbocycles. The maximum absolute atomic E-state index is 12.3. The van der Waals surface area contributed by atoms with E-state index in [0.717, 1.165) is 15.8 Å². The molecule has 0 radical (unpaired) electrons. The van der Waals surface area contributed by atoms with Gasteiger partial charge in [-0.2, -0.15) is 0 Å². The molecule has 1 saturated heterocycles. The standard InChI is InChI=1S/C15H20BrN3O3/c1-9(11-4-5-13(22-3)12(16)8-11)18-10(2)14(20)19-7-6-17-15(19)21/h4-5,8-10,18H,6-7H2,1-3H3,(H,17,21)/p+1/t9-,10-/m1/s1. The Morgan fingerprint density at radius 1 is 1.45 bits per heavy atom. The zero-order chi connectivity index (χ0) is 16.3. The number of amides is 3. The third-order valence-corrected chi connectivity index (χ3v) is 4.41. The molecular formula is C15H21BrN3O3+. The predicted octanol–water partition coefficient (Wildman–Crippen LogP) is 1.02. The van der Waals surface area contributed by atoms with E-state index in [2.05, 4.69) is 21.2 Å². The van der Waals surface area contributed by atoms with Crippen LogP contribution >= 0.6 is 15.9 Å². The van der Waals surface area contributed by atoms with Gasteiger partial charge in [0.15, 0.2) is 6.04 Å². The van der Waals surface area contributed by atoms with E-state index < -0.39 is 0 Å². The third kappa shape index (κ3) is 3.59. The highest BCUT2D eigenvalue weighted by Crippen LogP contribution is 2.27. The number of nitrogens with one attached hydrogen (secondary N) is 1. The summed E-state index contributed by atoms with van der Waals surface area (Å²) in [5, 5.41) is 4.60. The smallest absolute Gasteiger partial charge is 0.324 e. The molecule has 3 amide bonds. The number of nitrogens with zero attached hydrogens (tertiary/aromatic N) is 1. The number of benzene rings is 1. The number of urea groups is 1. The number of hydrogen-bond donors (Lipinski definition) is 2. The van der Waals surface area contributed by atoms with Crippen molar-refractivity contribution in [3.8, 4) is 5.75 Å². The second kappa shape index (κ2) is 7.11. The number of ether oxygens (including phenoxy) is 1. The molecule has 22 heavy (non-hydrogen) atoms.